The van der Waals surface area contributed by atoms with E-state index in [0.717, 1.165) is 12.8 Å². The van der Waals surface area contributed by atoms with E-state index in [1.807, 2.05) is 0 Å². The summed E-state index contributed by atoms with van der Waals surface area (Å²) in [6.07, 6.45) is 2.62. The predicted molar refractivity (Wildman–Crippen MR) is 33.1 cm³/mol. The summed E-state index contributed by atoms with van der Waals surface area (Å²) in [4.78, 5) is 0. The lowest BCUT2D eigenvalue weighted by molar-refractivity contribution is -0.225. The molecule has 0 amide bonds. The fraction of sp³-hybridized carbons (Fsp3) is 1.00. The van der Waals surface area contributed by atoms with E-state index in [2.05, 4.69) is 6.92 Å². The van der Waals surface area contributed by atoms with E-state index in [1.165, 1.54) is 0 Å². The van der Waals surface area contributed by atoms with Gasteiger partial charge in [0.05, 0.1) is 18.3 Å². The molecular weight excluding hydrogens is 116 g/mol. The first-order valence-electron chi connectivity index (χ1n) is 3.61. The zero-order valence-electron chi connectivity index (χ0n) is 5.58. The minimum absolute atomic E-state index is 0.179. The topological polar surface area (TPSA) is 29.5 Å². The van der Waals surface area contributed by atoms with E-state index in [4.69, 9.17) is 4.74 Å². The minimum Gasteiger partial charge on any atom is -0.390 e. The van der Waals surface area contributed by atoms with Crippen molar-refractivity contribution < 1.29 is 9.84 Å². The van der Waals surface area contributed by atoms with Crippen LogP contribution in [-0.2, 0) is 4.74 Å². The third kappa shape index (κ3) is 0.700. The van der Waals surface area contributed by atoms with Gasteiger partial charge in [0.2, 0.25) is 0 Å². The first-order chi connectivity index (χ1) is 4.27. The van der Waals surface area contributed by atoms with Gasteiger partial charge in [0, 0.05) is 6.42 Å². The van der Waals surface area contributed by atoms with E-state index in [9.17, 15) is 5.11 Å². The molecule has 0 radical (unpaired) electrons. The quantitative estimate of drug-likeness (QED) is 0.516. The first-order valence-corrected chi connectivity index (χ1v) is 3.61. The third-order valence-electron chi connectivity index (χ3n) is 2.46. The van der Waals surface area contributed by atoms with Gasteiger partial charge in [0.25, 0.3) is 0 Å². The summed E-state index contributed by atoms with van der Waals surface area (Å²) < 4.78 is 5.31. The zero-order valence-corrected chi connectivity index (χ0v) is 5.58. The summed E-state index contributed by atoms with van der Waals surface area (Å²) in [5.74, 6) is 0.461. The van der Waals surface area contributed by atoms with Gasteiger partial charge in [-0.2, -0.15) is 0 Å². The normalized spacial score (nSPS) is 56.7. The highest BCUT2D eigenvalue weighted by atomic mass is 16.5. The van der Waals surface area contributed by atoms with Gasteiger partial charge < -0.3 is 9.84 Å². The minimum atomic E-state index is -0.185. The average molecular weight is 128 g/mol. The highest BCUT2D eigenvalue weighted by Gasteiger charge is 2.44. The number of ether oxygens (including phenoxy) is 1. The Labute approximate surface area is 54.8 Å². The van der Waals surface area contributed by atoms with E-state index in [0.29, 0.717) is 12.0 Å². The highest BCUT2D eigenvalue weighted by molar-refractivity contribution is 4.93. The second-order valence-corrected chi connectivity index (χ2v) is 3.24. The standard InChI is InChI=1S/C7H12O2/c1-4-2-5-3-6(9-5)7(4)8/h4-8H,2-3H2,1H3/t4-,5+,6+,7-/m1/s1. The van der Waals surface area contributed by atoms with Crippen molar-refractivity contribution in [3.63, 3.8) is 0 Å². The maximum atomic E-state index is 9.36. The largest absolute Gasteiger partial charge is 0.390 e. The van der Waals surface area contributed by atoms with Crippen LogP contribution in [0, 0.1) is 5.92 Å². The Balaban J connectivity index is 2.04. The molecule has 0 aromatic carbocycles. The smallest absolute Gasteiger partial charge is 0.0865 e. The van der Waals surface area contributed by atoms with Crippen molar-refractivity contribution in [2.45, 2.75) is 38.1 Å². The van der Waals surface area contributed by atoms with Crippen molar-refractivity contribution in [2.75, 3.05) is 0 Å². The Morgan fingerprint density at radius 3 is 2.44 bits per heavy atom. The molecule has 0 spiro atoms. The fourth-order valence-electron chi connectivity index (χ4n) is 1.79. The molecule has 3 rings (SSSR count). The maximum absolute atomic E-state index is 9.36. The molecule has 0 aromatic heterocycles. The molecule has 2 heteroatoms. The molecule has 1 saturated carbocycles. The summed E-state index contributed by atoms with van der Waals surface area (Å²) in [5, 5.41) is 9.36. The number of aliphatic hydroxyl groups is 1. The molecule has 1 N–H and O–H groups in total. The van der Waals surface area contributed by atoms with Crippen LogP contribution >= 0.6 is 0 Å². The summed E-state index contributed by atoms with van der Waals surface area (Å²) in [5.41, 5.74) is 0. The monoisotopic (exact) mass is 128 g/mol. The van der Waals surface area contributed by atoms with Gasteiger partial charge in [-0.25, -0.2) is 0 Å². The van der Waals surface area contributed by atoms with Gasteiger partial charge in [-0.3, -0.25) is 0 Å². The lowest BCUT2D eigenvalue weighted by Gasteiger charge is -2.47. The summed E-state index contributed by atoms with van der Waals surface area (Å²) in [6, 6.07) is 0. The van der Waals surface area contributed by atoms with Gasteiger partial charge in [-0.15, -0.1) is 0 Å². The number of hydrogen-bond acceptors (Lipinski definition) is 2. The molecular formula is C7H12O2. The van der Waals surface area contributed by atoms with E-state index in [-0.39, 0.29) is 12.2 Å². The van der Waals surface area contributed by atoms with Crippen molar-refractivity contribution in [2.24, 2.45) is 5.92 Å². The van der Waals surface area contributed by atoms with Crippen LogP contribution in [0.2, 0.25) is 0 Å². The Hall–Kier alpha value is -0.0800. The average Bonchev–Trinajstić information content (AvgIpc) is 1.72. The molecule has 2 nitrogen and oxygen atoms in total. The van der Waals surface area contributed by atoms with Gasteiger partial charge in [-0.1, -0.05) is 6.92 Å². The molecule has 4 atom stereocenters. The van der Waals surface area contributed by atoms with E-state index in [1.54, 1.807) is 0 Å². The zero-order chi connectivity index (χ0) is 6.43. The Bertz CT molecular complexity index is 116. The first kappa shape index (κ1) is 5.69. The van der Waals surface area contributed by atoms with Gasteiger partial charge in [0.15, 0.2) is 0 Å². The van der Waals surface area contributed by atoms with Crippen LogP contribution in [0.25, 0.3) is 0 Å². The van der Waals surface area contributed by atoms with Crippen LogP contribution in [0.15, 0.2) is 0 Å². The number of hydrogen-bond donors (Lipinski definition) is 1. The lowest BCUT2D eigenvalue weighted by atomic mass is 9.79. The van der Waals surface area contributed by atoms with Crippen LogP contribution in [0.3, 0.4) is 0 Å². The second-order valence-electron chi connectivity index (χ2n) is 3.24. The van der Waals surface area contributed by atoms with Crippen LogP contribution in [0.4, 0.5) is 0 Å². The van der Waals surface area contributed by atoms with Gasteiger partial charge in [0.1, 0.15) is 0 Å². The van der Waals surface area contributed by atoms with E-state index < -0.39 is 0 Å². The summed E-state index contributed by atoms with van der Waals surface area (Å²) in [7, 11) is 0. The molecule has 52 valence electrons. The predicted octanol–water partition coefficient (Wildman–Crippen LogP) is 0.545. The van der Waals surface area contributed by atoms with Crippen LogP contribution in [0.5, 0.6) is 0 Å². The van der Waals surface area contributed by atoms with Crippen molar-refractivity contribution in [3.05, 3.63) is 0 Å². The molecule has 2 saturated heterocycles. The lowest BCUT2D eigenvalue weighted by Crippen LogP contribution is -2.54. The summed E-state index contributed by atoms with van der Waals surface area (Å²) in [6.45, 7) is 2.09. The number of aliphatic hydroxyl groups excluding tert-OH is 1. The van der Waals surface area contributed by atoms with Crippen molar-refractivity contribution >= 4 is 0 Å². The molecule has 9 heavy (non-hydrogen) atoms. The molecule has 3 aliphatic rings. The van der Waals surface area contributed by atoms with Gasteiger partial charge >= 0.3 is 0 Å². The molecule has 1 aliphatic carbocycles. The number of fused-ring (bicyclic) bond motifs is 2. The fourth-order valence-corrected chi connectivity index (χ4v) is 1.79. The summed E-state index contributed by atoms with van der Waals surface area (Å²) >= 11 is 0. The molecule has 2 bridgehead atoms. The Kier molecular flexibility index (Phi) is 1.08. The Morgan fingerprint density at radius 1 is 1.44 bits per heavy atom. The van der Waals surface area contributed by atoms with Crippen molar-refractivity contribution in [1.82, 2.24) is 0 Å². The van der Waals surface area contributed by atoms with Crippen LogP contribution in [-0.4, -0.2) is 23.4 Å². The van der Waals surface area contributed by atoms with Gasteiger partial charge in [-0.05, 0) is 12.3 Å². The number of rotatable bonds is 0. The van der Waals surface area contributed by atoms with Crippen molar-refractivity contribution in [3.8, 4) is 0 Å². The highest BCUT2D eigenvalue weighted by Crippen LogP contribution is 2.37. The molecule has 2 heterocycles. The molecule has 0 aromatic rings. The second kappa shape index (κ2) is 1.70. The third-order valence-corrected chi connectivity index (χ3v) is 2.46. The van der Waals surface area contributed by atoms with Crippen LogP contribution < -0.4 is 0 Å². The SMILES string of the molecule is C[C@@H]1C[C@H]2C[C@H](O2)[C@@H]1O. The molecule has 3 fully saturated rings. The van der Waals surface area contributed by atoms with Crippen LogP contribution in [0.1, 0.15) is 19.8 Å². The molecule has 2 aliphatic heterocycles. The van der Waals surface area contributed by atoms with Crippen molar-refractivity contribution in [1.29, 1.82) is 0 Å². The Morgan fingerprint density at radius 2 is 2.11 bits per heavy atom. The molecule has 0 unspecified atom stereocenters. The maximum Gasteiger partial charge on any atom is 0.0865 e. The van der Waals surface area contributed by atoms with E-state index >= 15 is 0 Å².